The third-order valence-electron chi connectivity index (χ3n) is 1.82. The van der Waals surface area contributed by atoms with Gasteiger partial charge in [0.05, 0.1) is 11.4 Å². The van der Waals surface area contributed by atoms with Gasteiger partial charge in [-0.05, 0) is 32.9 Å². The van der Waals surface area contributed by atoms with Crippen LogP contribution in [0.4, 0.5) is 0 Å². The molecular weight excluding hydrogens is 224 g/mol. The van der Waals surface area contributed by atoms with E-state index < -0.39 is 0 Å². The van der Waals surface area contributed by atoms with Crippen molar-refractivity contribution in [1.29, 1.82) is 0 Å². The number of hydrogen-bond acceptors (Lipinski definition) is 3. The van der Waals surface area contributed by atoms with Crippen molar-refractivity contribution in [3.8, 4) is 0 Å². The van der Waals surface area contributed by atoms with Gasteiger partial charge in [0.2, 0.25) is 5.91 Å². The normalized spacial score (nSPS) is 10.2. The van der Waals surface area contributed by atoms with Crippen LogP contribution in [0.5, 0.6) is 0 Å². The van der Waals surface area contributed by atoms with Gasteiger partial charge in [-0.25, -0.2) is 0 Å². The van der Waals surface area contributed by atoms with Crippen LogP contribution in [0.25, 0.3) is 0 Å². The minimum Gasteiger partial charge on any atom is -0.352 e. The van der Waals surface area contributed by atoms with Gasteiger partial charge < -0.3 is 10.6 Å². The van der Waals surface area contributed by atoms with E-state index in [1.54, 1.807) is 6.07 Å². The Hall–Kier alpha value is -1.36. The Morgan fingerprint density at radius 1 is 1.38 bits per heavy atom. The molecule has 2 amide bonds. The lowest BCUT2D eigenvalue weighted by molar-refractivity contribution is -0.120. The summed E-state index contributed by atoms with van der Waals surface area (Å²) in [6.45, 7) is 5.71. The topological polar surface area (TPSA) is 58.2 Å². The van der Waals surface area contributed by atoms with E-state index in [9.17, 15) is 9.59 Å². The van der Waals surface area contributed by atoms with Crippen LogP contribution in [-0.2, 0) is 4.79 Å². The molecule has 1 aromatic heterocycles. The Balaban J connectivity index is 2.38. The van der Waals surface area contributed by atoms with Gasteiger partial charge in [0.15, 0.2) is 0 Å². The highest BCUT2D eigenvalue weighted by atomic mass is 32.1. The minimum absolute atomic E-state index is 0.0218. The summed E-state index contributed by atoms with van der Waals surface area (Å²) in [6, 6.07) is 3.73. The summed E-state index contributed by atoms with van der Waals surface area (Å²) in [7, 11) is 0. The van der Waals surface area contributed by atoms with Gasteiger partial charge in [0.1, 0.15) is 0 Å². The number of thiophene rings is 1. The maximum Gasteiger partial charge on any atom is 0.261 e. The number of carbonyl (C=O) groups excluding carboxylic acids is 2. The number of nitrogens with one attached hydrogen (secondary N) is 2. The molecule has 2 N–H and O–H groups in total. The van der Waals surface area contributed by atoms with Gasteiger partial charge in [-0.1, -0.05) is 0 Å². The Kier molecular flexibility index (Phi) is 4.49. The first-order chi connectivity index (χ1) is 7.49. The molecule has 0 aliphatic rings. The standard InChI is InChI=1S/C11H16N2O2S/c1-7(2)13-10(14)6-12-11(15)9-5-4-8(3)16-9/h4-5,7H,6H2,1-3H3,(H,12,15)(H,13,14). The van der Waals surface area contributed by atoms with E-state index in [0.717, 1.165) is 4.88 Å². The zero-order valence-corrected chi connectivity index (χ0v) is 10.5. The molecule has 0 saturated heterocycles. The van der Waals surface area contributed by atoms with E-state index in [-0.39, 0.29) is 24.4 Å². The summed E-state index contributed by atoms with van der Waals surface area (Å²) < 4.78 is 0. The molecule has 88 valence electrons. The van der Waals surface area contributed by atoms with Gasteiger partial charge in [-0.15, -0.1) is 11.3 Å². The van der Waals surface area contributed by atoms with Crippen LogP contribution >= 0.6 is 11.3 Å². The zero-order chi connectivity index (χ0) is 12.1. The first-order valence-corrected chi connectivity index (χ1v) is 5.94. The summed E-state index contributed by atoms with van der Waals surface area (Å²) in [5.74, 6) is -0.367. The Labute approximate surface area is 99.0 Å². The average Bonchev–Trinajstić information content (AvgIpc) is 2.60. The van der Waals surface area contributed by atoms with Crippen LogP contribution in [0.2, 0.25) is 0 Å². The molecule has 0 bridgehead atoms. The van der Waals surface area contributed by atoms with Crippen molar-refractivity contribution < 1.29 is 9.59 Å². The van der Waals surface area contributed by atoms with Crippen molar-refractivity contribution in [2.75, 3.05) is 6.54 Å². The molecule has 16 heavy (non-hydrogen) atoms. The predicted octanol–water partition coefficient (Wildman–Crippen LogP) is 1.31. The second kappa shape index (κ2) is 5.65. The maximum absolute atomic E-state index is 11.6. The van der Waals surface area contributed by atoms with Crippen molar-refractivity contribution in [3.63, 3.8) is 0 Å². The zero-order valence-electron chi connectivity index (χ0n) is 9.66. The molecule has 0 unspecified atom stereocenters. The predicted molar refractivity (Wildman–Crippen MR) is 64.7 cm³/mol. The summed E-state index contributed by atoms with van der Waals surface area (Å²) in [5, 5.41) is 5.28. The number of rotatable bonds is 4. The van der Waals surface area contributed by atoms with Gasteiger partial charge >= 0.3 is 0 Å². The first-order valence-electron chi connectivity index (χ1n) is 5.13. The van der Waals surface area contributed by atoms with E-state index in [2.05, 4.69) is 10.6 Å². The first kappa shape index (κ1) is 12.7. The highest BCUT2D eigenvalue weighted by molar-refractivity contribution is 7.13. The van der Waals surface area contributed by atoms with Crippen LogP contribution in [0.3, 0.4) is 0 Å². The van der Waals surface area contributed by atoms with Crippen molar-refractivity contribution in [1.82, 2.24) is 10.6 Å². The van der Waals surface area contributed by atoms with Crippen molar-refractivity contribution in [2.24, 2.45) is 0 Å². The van der Waals surface area contributed by atoms with E-state index in [1.807, 2.05) is 26.8 Å². The van der Waals surface area contributed by atoms with E-state index in [4.69, 9.17) is 0 Å². The van der Waals surface area contributed by atoms with E-state index >= 15 is 0 Å². The molecule has 1 rings (SSSR count). The maximum atomic E-state index is 11.6. The molecule has 1 aromatic rings. The minimum atomic E-state index is -0.197. The third kappa shape index (κ3) is 4.02. The van der Waals surface area contributed by atoms with Crippen LogP contribution in [0.15, 0.2) is 12.1 Å². The quantitative estimate of drug-likeness (QED) is 0.833. The van der Waals surface area contributed by atoms with Crippen LogP contribution in [0, 0.1) is 6.92 Å². The summed E-state index contributed by atoms with van der Waals surface area (Å²) in [4.78, 5) is 24.6. The fourth-order valence-corrected chi connectivity index (χ4v) is 1.96. The summed E-state index contributed by atoms with van der Waals surface area (Å²) in [5.41, 5.74) is 0. The second-order valence-corrected chi connectivity index (χ2v) is 5.10. The molecule has 0 saturated carbocycles. The lowest BCUT2D eigenvalue weighted by atomic mass is 10.4. The molecule has 0 aliphatic carbocycles. The van der Waals surface area contributed by atoms with Gasteiger partial charge in [0.25, 0.3) is 5.91 Å². The molecule has 0 radical (unpaired) electrons. The summed E-state index contributed by atoms with van der Waals surface area (Å²) in [6.07, 6.45) is 0. The molecular formula is C11H16N2O2S. The second-order valence-electron chi connectivity index (χ2n) is 3.82. The Morgan fingerprint density at radius 3 is 2.56 bits per heavy atom. The molecule has 0 aromatic carbocycles. The van der Waals surface area contributed by atoms with E-state index in [1.165, 1.54) is 11.3 Å². The Bertz CT molecular complexity index is 385. The number of amides is 2. The molecule has 0 atom stereocenters. The smallest absolute Gasteiger partial charge is 0.261 e. The van der Waals surface area contributed by atoms with Crippen LogP contribution in [-0.4, -0.2) is 24.4 Å². The third-order valence-corrected chi connectivity index (χ3v) is 2.82. The van der Waals surface area contributed by atoms with Crippen molar-refractivity contribution in [2.45, 2.75) is 26.8 Å². The molecule has 1 heterocycles. The fourth-order valence-electron chi connectivity index (χ4n) is 1.18. The highest BCUT2D eigenvalue weighted by Crippen LogP contribution is 2.14. The molecule has 5 heteroatoms. The molecule has 0 aliphatic heterocycles. The molecule has 4 nitrogen and oxygen atoms in total. The number of aryl methyl sites for hydroxylation is 1. The lowest BCUT2D eigenvalue weighted by Crippen LogP contribution is -2.39. The fraction of sp³-hybridized carbons (Fsp3) is 0.455. The van der Waals surface area contributed by atoms with Crippen molar-refractivity contribution in [3.05, 3.63) is 21.9 Å². The van der Waals surface area contributed by atoms with Crippen LogP contribution < -0.4 is 10.6 Å². The Morgan fingerprint density at radius 2 is 2.06 bits per heavy atom. The summed E-state index contributed by atoms with van der Waals surface area (Å²) >= 11 is 1.42. The van der Waals surface area contributed by atoms with Gasteiger partial charge in [-0.2, -0.15) is 0 Å². The lowest BCUT2D eigenvalue weighted by Gasteiger charge is -2.08. The monoisotopic (exact) mass is 240 g/mol. The SMILES string of the molecule is Cc1ccc(C(=O)NCC(=O)NC(C)C)s1. The molecule has 0 spiro atoms. The van der Waals surface area contributed by atoms with Gasteiger partial charge in [0, 0.05) is 10.9 Å². The van der Waals surface area contributed by atoms with Crippen molar-refractivity contribution >= 4 is 23.2 Å². The van der Waals surface area contributed by atoms with Gasteiger partial charge in [-0.3, -0.25) is 9.59 Å². The highest BCUT2D eigenvalue weighted by Gasteiger charge is 2.09. The average molecular weight is 240 g/mol. The van der Waals surface area contributed by atoms with E-state index in [0.29, 0.717) is 4.88 Å². The number of carbonyl (C=O) groups is 2. The number of hydrogen-bond donors (Lipinski definition) is 2. The largest absolute Gasteiger partial charge is 0.352 e. The van der Waals surface area contributed by atoms with Crippen LogP contribution in [0.1, 0.15) is 28.4 Å². The molecule has 0 fully saturated rings.